The molecule has 1 amide bonds. The fraction of sp³-hybridized carbons (Fsp3) is 0.316. The van der Waals surface area contributed by atoms with Crippen LogP contribution >= 0.6 is 0 Å². The fourth-order valence-corrected chi connectivity index (χ4v) is 3.75. The first kappa shape index (κ1) is 20.3. The molecule has 1 saturated carbocycles. The van der Waals surface area contributed by atoms with Crippen molar-refractivity contribution in [3.8, 4) is 0 Å². The Hall–Kier alpha value is -2.39. The third-order valence-corrected chi connectivity index (χ3v) is 6.24. The van der Waals surface area contributed by atoms with Crippen molar-refractivity contribution in [3.63, 3.8) is 0 Å². The van der Waals surface area contributed by atoms with Crippen molar-refractivity contribution in [2.45, 2.75) is 36.5 Å². The van der Waals surface area contributed by atoms with Gasteiger partial charge < -0.3 is 5.32 Å². The minimum atomic E-state index is -4.53. The van der Waals surface area contributed by atoms with E-state index in [0.717, 1.165) is 41.4 Å². The predicted octanol–water partition coefficient (Wildman–Crippen LogP) is 3.42. The summed E-state index contributed by atoms with van der Waals surface area (Å²) in [6.45, 7) is 0.0217. The quantitative estimate of drug-likeness (QED) is 0.791. The van der Waals surface area contributed by atoms with E-state index in [1.807, 2.05) is 0 Å². The average Bonchev–Trinajstić information content (AvgIpc) is 3.45. The molecule has 28 heavy (non-hydrogen) atoms. The largest absolute Gasteiger partial charge is 0.416 e. The number of carbonyl (C=O) groups excluding carboxylic acids is 1. The standard InChI is InChI=1S/C19H19F3N2O3S/c1-24(28(26,27)17-10-6-15(7-11-17)19(20,21)22)12-13-2-4-14(5-3-13)18(25)23-16-8-9-16/h2-7,10-11,16H,8-9,12H2,1H3,(H,23,25). The topological polar surface area (TPSA) is 66.5 Å². The maximum atomic E-state index is 12.6. The lowest BCUT2D eigenvalue weighted by Gasteiger charge is -2.18. The van der Waals surface area contributed by atoms with E-state index in [1.165, 1.54) is 7.05 Å². The molecule has 2 aromatic carbocycles. The highest BCUT2D eigenvalue weighted by Gasteiger charge is 2.31. The van der Waals surface area contributed by atoms with Crippen molar-refractivity contribution >= 4 is 15.9 Å². The van der Waals surface area contributed by atoms with E-state index in [1.54, 1.807) is 24.3 Å². The molecule has 9 heteroatoms. The molecular weight excluding hydrogens is 393 g/mol. The Balaban J connectivity index is 1.68. The van der Waals surface area contributed by atoms with Crippen LogP contribution in [0.25, 0.3) is 0 Å². The van der Waals surface area contributed by atoms with Gasteiger partial charge in [0.25, 0.3) is 5.91 Å². The minimum absolute atomic E-state index is 0.0217. The van der Waals surface area contributed by atoms with Gasteiger partial charge in [0.2, 0.25) is 10.0 Å². The summed E-state index contributed by atoms with van der Waals surface area (Å²) in [5.41, 5.74) is 0.235. The second-order valence-electron chi connectivity index (χ2n) is 6.73. The van der Waals surface area contributed by atoms with E-state index >= 15 is 0 Å². The lowest BCUT2D eigenvalue weighted by molar-refractivity contribution is -0.137. The van der Waals surface area contributed by atoms with E-state index in [9.17, 15) is 26.4 Å². The molecule has 0 spiro atoms. The summed E-state index contributed by atoms with van der Waals surface area (Å²) in [4.78, 5) is 11.8. The van der Waals surface area contributed by atoms with Crippen LogP contribution in [0.1, 0.15) is 34.3 Å². The van der Waals surface area contributed by atoms with Gasteiger partial charge in [0, 0.05) is 25.2 Å². The van der Waals surface area contributed by atoms with Crippen molar-refractivity contribution in [2.24, 2.45) is 0 Å². The highest BCUT2D eigenvalue weighted by molar-refractivity contribution is 7.89. The van der Waals surface area contributed by atoms with Crippen molar-refractivity contribution < 1.29 is 26.4 Å². The van der Waals surface area contributed by atoms with E-state index < -0.39 is 21.8 Å². The van der Waals surface area contributed by atoms with Crippen LogP contribution in [0.3, 0.4) is 0 Å². The maximum Gasteiger partial charge on any atom is 0.416 e. The first-order chi connectivity index (χ1) is 13.1. The SMILES string of the molecule is CN(Cc1ccc(C(=O)NC2CC2)cc1)S(=O)(=O)c1ccc(C(F)(F)F)cc1. The van der Waals surface area contributed by atoms with Crippen LogP contribution in [0.4, 0.5) is 13.2 Å². The smallest absolute Gasteiger partial charge is 0.349 e. The van der Waals surface area contributed by atoms with Gasteiger partial charge in [-0.2, -0.15) is 17.5 Å². The molecule has 0 saturated heterocycles. The van der Waals surface area contributed by atoms with E-state index in [2.05, 4.69) is 5.32 Å². The summed E-state index contributed by atoms with van der Waals surface area (Å²) in [5.74, 6) is -0.167. The normalized spacial score (nSPS) is 14.9. The van der Waals surface area contributed by atoms with Gasteiger partial charge in [0.05, 0.1) is 10.5 Å². The number of alkyl halides is 3. The number of hydrogen-bond acceptors (Lipinski definition) is 3. The van der Waals surface area contributed by atoms with Crippen molar-refractivity contribution in [3.05, 3.63) is 65.2 Å². The number of carbonyl (C=O) groups is 1. The molecule has 1 aliphatic rings. The summed E-state index contributed by atoms with van der Waals surface area (Å²) in [5, 5.41) is 2.87. The maximum absolute atomic E-state index is 12.6. The Labute approximate surface area is 161 Å². The van der Waals surface area contributed by atoms with Crippen LogP contribution in [-0.4, -0.2) is 31.7 Å². The van der Waals surface area contributed by atoms with Crippen molar-refractivity contribution in [1.82, 2.24) is 9.62 Å². The van der Waals surface area contributed by atoms with Gasteiger partial charge in [-0.15, -0.1) is 0 Å². The fourth-order valence-electron chi connectivity index (χ4n) is 2.60. The second-order valence-corrected chi connectivity index (χ2v) is 8.77. The number of hydrogen-bond donors (Lipinski definition) is 1. The average molecular weight is 412 g/mol. The van der Waals surface area contributed by atoms with Crippen molar-refractivity contribution in [1.29, 1.82) is 0 Å². The van der Waals surface area contributed by atoms with Gasteiger partial charge in [0.15, 0.2) is 0 Å². The highest BCUT2D eigenvalue weighted by atomic mass is 32.2. The van der Waals surface area contributed by atoms with Gasteiger partial charge >= 0.3 is 6.18 Å². The zero-order valence-electron chi connectivity index (χ0n) is 15.0. The Morgan fingerprint density at radius 3 is 2.14 bits per heavy atom. The number of sulfonamides is 1. The zero-order valence-corrected chi connectivity index (χ0v) is 15.8. The molecule has 150 valence electrons. The monoisotopic (exact) mass is 412 g/mol. The van der Waals surface area contributed by atoms with Gasteiger partial charge in [0.1, 0.15) is 0 Å². The third kappa shape index (κ3) is 4.71. The lowest BCUT2D eigenvalue weighted by atomic mass is 10.1. The molecule has 3 rings (SSSR count). The van der Waals surface area contributed by atoms with E-state index in [-0.39, 0.29) is 23.4 Å². The van der Waals surface area contributed by atoms with E-state index in [0.29, 0.717) is 11.1 Å². The molecule has 1 aliphatic carbocycles. The zero-order chi connectivity index (χ0) is 20.5. The molecule has 0 aliphatic heterocycles. The predicted molar refractivity (Wildman–Crippen MR) is 97.0 cm³/mol. The van der Waals surface area contributed by atoms with Crippen LogP contribution in [-0.2, 0) is 22.7 Å². The Bertz CT molecular complexity index is 951. The summed E-state index contributed by atoms with van der Waals surface area (Å²) >= 11 is 0. The van der Waals surface area contributed by atoms with Crippen LogP contribution in [0.5, 0.6) is 0 Å². The first-order valence-electron chi connectivity index (χ1n) is 8.61. The van der Waals surface area contributed by atoms with Crippen molar-refractivity contribution in [2.75, 3.05) is 7.05 Å². The van der Waals surface area contributed by atoms with Crippen LogP contribution in [0.15, 0.2) is 53.4 Å². The van der Waals surface area contributed by atoms with E-state index in [4.69, 9.17) is 0 Å². The number of rotatable bonds is 6. The minimum Gasteiger partial charge on any atom is -0.349 e. The molecule has 0 bridgehead atoms. The van der Waals surface area contributed by atoms with Crippen LogP contribution < -0.4 is 5.32 Å². The van der Waals surface area contributed by atoms with Gasteiger partial charge in [-0.05, 0) is 54.8 Å². The molecule has 2 aromatic rings. The lowest BCUT2D eigenvalue weighted by Crippen LogP contribution is -2.27. The third-order valence-electron chi connectivity index (χ3n) is 4.42. The molecule has 0 unspecified atom stereocenters. The number of nitrogens with one attached hydrogen (secondary N) is 1. The number of nitrogens with zero attached hydrogens (tertiary/aromatic N) is 1. The highest BCUT2D eigenvalue weighted by Crippen LogP contribution is 2.30. The molecular formula is C19H19F3N2O3S. The molecule has 1 fully saturated rings. The second kappa shape index (κ2) is 7.56. The van der Waals surface area contributed by atoms with Crippen LogP contribution in [0.2, 0.25) is 0 Å². The summed E-state index contributed by atoms with van der Waals surface area (Å²) in [6.07, 6.45) is -2.56. The molecule has 0 heterocycles. The Kier molecular flexibility index (Phi) is 5.49. The van der Waals surface area contributed by atoms with Gasteiger partial charge in [-0.3, -0.25) is 4.79 Å². The summed E-state index contributed by atoms with van der Waals surface area (Å²) in [6, 6.07) is 10.2. The van der Waals surface area contributed by atoms with Gasteiger partial charge in [-0.25, -0.2) is 8.42 Å². The molecule has 0 radical (unpaired) electrons. The van der Waals surface area contributed by atoms with Crippen LogP contribution in [0, 0.1) is 0 Å². The number of halogens is 3. The first-order valence-corrected chi connectivity index (χ1v) is 10.0. The Morgan fingerprint density at radius 1 is 1.07 bits per heavy atom. The number of amides is 1. The molecule has 1 N–H and O–H groups in total. The Morgan fingerprint density at radius 2 is 1.64 bits per heavy atom. The summed E-state index contributed by atoms with van der Waals surface area (Å²) < 4.78 is 64.1. The number of benzene rings is 2. The summed E-state index contributed by atoms with van der Waals surface area (Å²) in [7, 11) is -2.60. The molecule has 0 atom stereocenters. The molecule has 0 aromatic heterocycles. The molecule has 5 nitrogen and oxygen atoms in total. The van der Waals surface area contributed by atoms with Gasteiger partial charge in [-0.1, -0.05) is 12.1 Å².